The second-order valence-electron chi connectivity index (χ2n) is 7.59. The van der Waals surface area contributed by atoms with Gasteiger partial charge in [-0.25, -0.2) is 0 Å². The molecule has 0 aliphatic carbocycles. The highest BCUT2D eigenvalue weighted by atomic mass is 16.2. The number of amides is 2. The number of nitrogens with zero attached hydrogens (tertiary/aromatic N) is 3. The first-order chi connectivity index (χ1) is 13.2. The van der Waals surface area contributed by atoms with Crippen molar-refractivity contribution in [1.29, 1.82) is 0 Å². The van der Waals surface area contributed by atoms with Gasteiger partial charge in [0.2, 0.25) is 11.8 Å². The third kappa shape index (κ3) is 5.74. The second-order valence-corrected chi connectivity index (χ2v) is 7.59. The molecule has 2 amide bonds. The predicted octanol–water partition coefficient (Wildman–Crippen LogP) is 0.620. The summed E-state index contributed by atoms with van der Waals surface area (Å²) in [6, 6.07) is 4.68. The van der Waals surface area contributed by atoms with Crippen LogP contribution in [0, 0.1) is 5.92 Å². The zero-order chi connectivity index (χ0) is 19.1. The highest BCUT2D eigenvalue weighted by molar-refractivity contribution is 5.85. The highest BCUT2D eigenvalue weighted by Crippen LogP contribution is 2.24. The number of carbonyl (C=O) groups excluding carboxylic acids is 2. The molecule has 0 unspecified atom stereocenters. The molecule has 0 aromatic carbocycles. The lowest BCUT2D eigenvalue weighted by atomic mass is 9.93. The number of aromatic nitrogens is 1. The Morgan fingerprint density at radius 2 is 2.04 bits per heavy atom. The van der Waals surface area contributed by atoms with E-state index in [4.69, 9.17) is 0 Å². The fraction of sp³-hybridized carbons (Fsp3) is 0.650. The molecule has 7 heteroatoms. The summed E-state index contributed by atoms with van der Waals surface area (Å²) in [6.45, 7) is 5.09. The minimum atomic E-state index is -0.156. The zero-order valence-corrected chi connectivity index (χ0v) is 16.2. The topological polar surface area (TPSA) is 77.6 Å². The van der Waals surface area contributed by atoms with E-state index in [1.807, 2.05) is 18.5 Å². The molecule has 2 aliphatic heterocycles. The van der Waals surface area contributed by atoms with E-state index in [0.717, 1.165) is 58.4 Å². The normalized spacial score (nSPS) is 22.3. The van der Waals surface area contributed by atoms with Crippen LogP contribution in [0.3, 0.4) is 0 Å². The highest BCUT2D eigenvalue weighted by Gasteiger charge is 2.31. The van der Waals surface area contributed by atoms with Crippen molar-refractivity contribution in [1.82, 2.24) is 25.4 Å². The predicted molar refractivity (Wildman–Crippen MR) is 104 cm³/mol. The van der Waals surface area contributed by atoms with Crippen LogP contribution in [0.15, 0.2) is 24.5 Å². The van der Waals surface area contributed by atoms with E-state index in [9.17, 15) is 9.59 Å². The van der Waals surface area contributed by atoms with E-state index in [2.05, 4.69) is 31.5 Å². The van der Waals surface area contributed by atoms with Gasteiger partial charge in [-0.1, -0.05) is 6.07 Å². The van der Waals surface area contributed by atoms with E-state index >= 15 is 0 Å². The van der Waals surface area contributed by atoms with Crippen LogP contribution in [0.4, 0.5) is 0 Å². The van der Waals surface area contributed by atoms with Gasteiger partial charge in [0.1, 0.15) is 0 Å². The van der Waals surface area contributed by atoms with Crippen LogP contribution in [0.1, 0.15) is 31.2 Å². The van der Waals surface area contributed by atoms with Gasteiger partial charge in [0.05, 0.1) is 12.5 Å². The average molecular weight is 374 g/mol. The second kappa shape index (κ2) is 9.80. The van der Waals surface area contributed by atoms with E-state index in [1.165, 1.54) is 5.56 Å². The summed E-state index contributed by atoms with van der Waals surface area (Å²) in [7, 11) is 1.58. The molecule has 3 heterocycles. The first kappa shape index (κ1) is 19.8. The SMILES string of the molecule is CNC(=O)CNC(=O)[C@@H]1CCCN(C2CCN(Cc3cccnc3)CC2)C1. The van der Waals surface area contributed by atoms with Gasteiger partial charge in [-0.15, -0.1) is 0 Å². The molecule has 1 aromatic rings. The monoisotopic (exact) mass is 373 g/mol. The largest absolute Gasteiger partial charge is 0.358 e. The van der Waals surface area contributed by atoms with E-state index in [1.54, 1.807) is 7.05 Å². The maximum Gasteiger partial charge on any atom is 0.239 e. The third-order valence-electron chi connectivity index (χ3n) is 5.73. The molecule has 2 saturated heterocycles. The Hall–Kier alpha value is -1.99. The molecule has 0 spiro atoms. The third-order valence-corrected chi connectivity index (χ3v) is 5.73. The van der Waals surface area contributed by atoms with Crippen molar-refractivity contribution in [2.75, 3.05) is 39.8 Å². The number of carbonyl (C=O) groups is 2. The molecule has 2 fully saturated rings. The van der Waals surface area contributed by atoms with Gasteiger partial charge in [0.15, 0.2) is 0 Å². The van der Waals surface area contributed by atoms with Crippen LogP contribution in [0.2, 0.25) is 0 Å². The van der Waals surface area contributed by atoms with Crippen molar-refractivity contribution in [3.05, 3.63) is 30.1 Å². The standard InChI is InChI=1S/C20H31N5O2/c1-21-19(26)13-23-20(27)17-5-3-9-25(15-17)18-6-10-24(11-7-18)14-16-4-2-8-22-12-16/h2,4,8,12,17-18H,3,5-7,9-11,13-15H2,1H3,(H,21,26)(H,23,27)/t17-/m1/s1. The molecule has 1 aromatic heterocycles. The average Bonchev–Trinajstić information content (AvgIpc) is 2.73. The van der Waals surface area contributed by atoms with Crippen LogP contribution in [-0.4, -0.2) is 72.4 Å². The molecule has 148 valence electrons. The Morgan fingerprint density at radius 1 is 1.22 bits per heavy atom. The van der Waals surface area contributed by atoms with Gasteiger partial charge < -0.3 is 10.6 Å². The number of nitrogens with one attached hydrogen (secondary N) is 2. The van der Waals surface area contributed by atoms with Gasteiger partial charge in [0.25, 0.3) is 0 Å². The minimum Gasteiger partial charge on any atom is -0.358 e. The van der Waals surface area contributed by atoms with Crippen LogP contribution in [-0.2, 0) is 16.1 Å². The van der Waals surface area contributed by atoms with E-state index in [0.29, 0.717) is 6.04 Å². The Labute approximate surface area is 161 Å². The van der Waals surface area contributed by atoms with Crippen molar-refractivity contribution in [2.24, 2.45) is 5.92 Å². The summed E-state index contributed by atoms with van der Waals surface area (Å²) in [6.07, 6.45) is 8.01. The van der Waals surface area contributed by atoms with Crippen LogP contribution in [0.5, 0.6) is 0 Å². The van der Waals surface area contributed by atoms with Crippen molar-refractivity contribution in [3.63, 3.8) is 0 Å². The number of likely N-dealkylation sites (tertiary alicyclic amines) is 2. The van der Waals surface area contributed by atoms with E-state index < -0.39 is 0 Å². The fourth-order valence-corrected chi connectivity index (χ4v) is 4.14. The van der Waals surface area contributed by atoms with Gasteiger partial charge in [-0.3, -0.25) is 24.4 Å². The summed E-state index contributed by atoms with van der Waals surface area (Å²) < 4.78 is 0. The van der Waals surface area contributed by atoms with Crippen molar-refractivity contribution >= 4 is 11.8 Å². The fourth-order valence-electron chi connectivity index (χ4n) is 4.14. The zero-order valence-electron chi connectivity index (χ0n) is 16.2. The Bertz CT molecular complexity index is 616. The molecule has 0 bridgehead atoms. The molecule has 0 radical (unpaired) electrons. The Morgan fingerprint density at radius 3 is 2.74 bits per heavy atom. The van der Waals surface area contributed by atoms with Crippen molar-refractivity contribution in [3.8, 4) is 0 Å². The molecule has 3 rings (SSSR count). The molecule has 2 N–H and O–H groups in total. The first-order valence-electron chi connectivity index (χ1n) is 9.99. The maximum atomic E-state index is 12.4. The summed E-state index contributed by atoms with van der Waals surface area (Å²) in [5.41, 5.74) is 1.27. The number of hydrogen-bond donors (Lipinski definition) is 2. The minimum absolute atomic E-state index is 0.00294. The summed E-state index contributed by atoms with van der Waals surface area (Å²) in [5, 5.41) is 5.30. The molecular weight excluding hydrogens is 342 g/mol. The molecule has 1 atom stereocenters. The Kier molecular flexibility index (Phi) is 7.18. The number of likely N-dealkylation sites (N-methyl/N-ethyl adjacent to an activating group) is 1. The number of rotatable bonds is 6. The molecule has 7 nitrogen and oxygen atoms in total. The smallest absolute Gasteiger partial charge is 0.239 e. The number of hydrogen-bond acceptors (Lipinski definition) is 5. The van der Waals surface area contributed by atoms with E-state index in [-0.39, 0.29) is 24.3 Å². The number of piperidine rings is 2. The molecule has 27 heavy (non-hydrogen) atoms. The lowest BCUT2D eigenvalue weighted by Crippen LogP contribution is -2.51. The summed E-state index contributed by atoms with van der Waals surface area (Å²) >= 11 is 0. The van der Waals surface area contributed by atoms with Crippen molar-refractivity contribution in [2.45, 2.75) is 38.3 Å². The van der Waals surface area contributed by atoms with Crippen LogP contribution < -0.4 is 10.6 Å². The lowest BCUT2D eigenvalue weighted by molar-refractivity contribution is -0.130. The quantitative estimate of drug-likeness (QED) is 0.764. The lowest BCUT2D eigenvalue weighted by Gasteiger charge is -2.42. The summed E-state index contributed by atoms with van der Waals surface area (Å²) in [5.74, 6) is -0.147. The van der Waals surface area contributed by atoms with Gasteiger partial charge in [-0.2, -0.15) is 0 Å². The van der Waals surface area contributed by atoms with Gasteiger partial charge in [-0.05, 0) is 56.9 Å². The van der Waals surface area contributed by atoms with Crippen LogP contribution >= 0.6 is 0 Å². The summed E-state index contributed by atoms with van der Waals surface area (Å²) in [4.78, 5) is 32.9. The molecule has 2 aliphatic rings. The first-order valence-corrected chi connectivity index (χ1v) is 9.99. The Balaban J connectivity index is 1.43. The van der Waals surface area contributed by atoms with Crippen LogP contribution in [0.25, 0.3) is 0 Å². The van der Waals surface area contributed by atoms with Crippen molar-refractivity contribution < 1.29 is 9.59 Å². The van der Waals surface area contributed by atoms with Gasteiger partial charge >= 0.3 is 0 Å². The van der Waals surface area contributed by atoms with Gasteiger partial charge in [0, 0.05) is 38.6 Å². The molecule has 0 saturated carbocycles. The number of pyridine rings is 1. The molecular formula is C20H31N5O2. The maximum absolute atomic E-state index is 12.4.